The number of carbonyl (C=O) groups is 1. The fourth-order valence-electron chi connectivity index (χ4n) is 2.27. The van der Waals surface area contributed by atoms with Crippen LogP contribution >= 0.6 is 11.3 Å². The Labute approximate surface area is 171 Å². The molecule has 1 aromatic carbocycles. The molecular weight excluding hydrogens is 414 g/mol. The van der Waals surface area contributed by atoms with Crippen LogP contribution in [0.2, 0.25) is 0 Å². The number of pyridine rings is 1. The molecule has 3 rings (SSSR count). The van der Waals surface area contributed by atoms with E-state index in [2.05, 4.69) is 26.5 Å². The first-order valence-corrected chi connectivity index (χ1v) is 10.5. The highest BCUT2D eigenvalue weighted by Gasteiger charge is 2.20. The molecule has 0 spiro atoms. The molecule has 2 aromatic heterocycles. The second-order valence-electron chi connectivity index (χ2n) is 5.79. The molecule has 2 N–H and O–H groups in total. The molecule has 10 heteroatoms. The van der Waals surface area contributed by atoms with Gasteiger partial charge >= 0.3 is 5.97 Å². The second-order valence-corrected chi connectivity index (χ2v) is 8.27. The molecule has 0 aliphatic heterocycles. The number of aryl methyl sites for hydroxylation is 1. The first-order chi connectivity index (χ1) is 13.8. The minimum Gasteiger partial charge on any atom is -0.495 e. The molecule has 0 bridgehead atoms. The molecule has 0 fully saturated rings. The first-order valence-electron chi connectivity index (χ1n) is 8.13. The first kappa shape index (κ1) is 20.3. The number of nitrogens with zero attached hydrogens (tertiary/aromatic N) is 2. The molecular formula is C19H15N3O5S2. The number of aromatic nitrogens is 2. The van der Waals surface area contributed by atoms with Crippen molar-refractivity contribution >= 4 is 33.0 Å². The Bertz CT molecular complexity index is 1240. The van der Waals surface area contributed by atoms with E-state index in [1.54, 1.807) is 6.20 Å². The summed E-state index contributed by atoms with van der Waals surface area (Å²) < 4.78 is 32.7. The lowest BCUT2D eigenvalue weighted by Crippen LogP contribution is -2.14. The number of aromatic carboxylic acids is 1. The van der Waals surface area contributed by atoms with Gasteiger partial charge in [-0.25, -0.2) is 14.8 Å². The van der Waals surface area contributed by atoms with E-state index in [1.807, 2.05) is 19.1 Å². The largest absolute Gasteiger partial charge is 0.495 e. The summed E-state index contributed by atoms with van der Waals surface area (Å²) in [7, 11) is -2.70. The number of sulfonamides is 1. The Morgan fingerprint density at radius 1 is 1.24 bits per heavy atom. The summed E-state index contributed by atoms with van der Waals surface area (Å²) in [6, 6.07) is 7.48. The lowest BCUT2D eigenvalue weighted by atomic mass is 10.2. The van der Waals surface area contributed by atoms with Crippen molar-refractivity contribution in [1.82, 2.24) is 9.97 Å². The quantitative estimate of drug-likeness (QED) is 0.599. The Kier molecular flexibility index (Phi) is 5.81. The molecule has 0 aliphatic carbocycles. The molecule has 3 aromatic rings. The zero-order valence-corrected chi connectivity index (χ0v) is 17.0. The van der Waals surface area contributed by atoms with Gasteiger partial charge < -0.3 is 9.84 Å². The number of carboxylic acids is 1. The third-order valence-electron chi connectivity index (χ3n) is 3.66. The van der Waals surface area contributed by atoms with E-state index in [9.17, 15) is 13.2 Å². The highest BCUT2D eigenvalue weighted by Crippen LogP contribution is 2.28. The third kappa shape index (κ3) is 4.90. The average molecular weight is 429 g/mol. The lowest BCUT2D eigenvalue weighted by Gasteiger charge is -2.11. The molecule has 2 heterocycles. The monoisotopic (exact) mass is 429 g/mol. The average Bonchev–Trinajstić information content (AvgIpc) is 3.16. The van der Waals surface area contributed by atoms with Crippen molar-refractivity contribution in [3.8, 4) is 17.6 Å². The fourth-order valence-corrected chi connectivity index (χ4v) is 4.28. The van der Waals surface area contributed by atoms with E-state index in [4.69, 9.17) is 9.84 Å². The lowest BCUT2D eigenvalue weighted by molar-refractivity contribution is 0.0696. The van der Waals surface area contributed by atoms with Crippen LogP contribution in [-0.2, 0) is 10.0 Å². The van der Waals surface area contributed by atoms with Crippen molar-refractivity contribution in [3.63, 3.8) is 0 Å². The number of ether oxygens (including phenoxy) is 1. The maximum Gasteiger partial charge on any atom is 0.335 e. The van der Waals surface area contributed by atoms with E-state index >= 15 is 0 Å². The van der Waals surface area contributed by atoms with Crippen molar-refractivity contribution in [3.05, 3.63) is 63.7 Å². The van der Waals surface area contributed by atoms with Crippen molar-refractivity contribution < 1.29 is 23.1 Å². The van der Waals surface area contributed by atoms with Gasteiger partial charge in [-0.05, 0) is 54.7 Å². The number of benzene rings is 1. The maximum absolute atomic E-state index is 12.6. The summed E-state index contributed by atoms with van der Waals surface area (Å²) >= 11 is 1.09. The Balaban J connectivity index is 1.84. The van der Waals surface area contributed by atoms with Crippen LogP contribution in [0.4, 0.5) is 5.69 Å². The highest BCUT2D eigenvalue weighted by molar-refractivity contribution is 7.92. The minimum absolute atomic E-state index is 0.0271. The van der Waals surface area contributed by atoms with Crippen LogP contribution in [0.15, 0.2) is 46.9 Å². The van der Waals surface area contributed by atoms with E-state index in [-0.39, 0.29) is 22.0 Å². The second kappa shape index (κ2) is 8.30. The molecule has 0 aliphatic rings. The van der Waals surface area contributed by atoms with Gasteiger partial charge in [0.05, 0.1) is 18.4 Å². The van der Waals surface area contributed by atoms with Crippen LogP contribution in [0.1, 0.15) is 26.6 Å². The van der Waals surface area contributed by atoms with Crippen LogP contribution in [0.5, 0.6) is 5.75 Å². The Morgan fingerprint density at radius 2 is 2.03 bits per heavy atom. The predicted molar refractivity (Wildman–Crippen MR) is 108 cm³/mol. The van der Waals surface area contributed by atoms with E-state index in [0.717, 1.165) is 16.9 Å². The van der Waals surface area contributed by atoms with Crippen molar-refractivity contribution in [1.29, 1.82) is 0 Å². The molecule has 0 saturated heterocycles. The topological polar surface area (TPSA) is 118 Å². The number of hydrogen-bond acceptors (Lipinski definition) is 7. The molecule has 148 valence electrons. The molecule has 0 radical (unpaired) electrons. The molecule has 0 unspecified atom stereocenters. The summed E-state index contributed by atoms with van der Waals surface area (Å²) in [5.41, 5.74) is 1.65. The number of methoxy groups -OCH3 is 1. The smallest absolute Gasteiger partial charge is 0.335 e. The zero-order valence-electron chi connectivity index (χ0n) is 15.3. The van der Waals surface area contributed by atoms with Gasteiger partial charge in [-0.2, -0.15) is 8.42 Å². The standard InChI is InChI=1S/C19H15N3O5S2/c1-12-7-8-20-14(9-12)4-6-17-21-18(11-28-17)29(25,26)22-15-5-3-13(19(23)24)10-16(15)27-2/h3,5,7-11,22H,1-2H3,(H,23,24). The number of hydrogen-bond donors (Lipinski definition) is 2. The third-order valence-corrected chi connectivity index (χ3v) is 5.82. The van der Waals surface area contributed by atoms with Crippen LogP contribution in [0, 0.1) is 18.8 Å². The number of rotatable bonds is 5. The number of anilines is 1. The van der Waals surface area contributed by atoms with E-state index in [1.165, 1.54) is 30.7 Å². The van der Waals surface area contributed by atoms with Crippen molar-refractivity contribution in [2.45, 2.75) is 11.9 Å². The highest BCUT2D eigenvalue weighted by atomic mass is 32.2. The van der Waals surface area contributed by atoms with Crippen LogP contribution in [-0.4, -0.2) is 36.6 Å². The van der Waals surface area contributed by atoms with E-state index in [0.29, 0.717) is 10.7 Å². The van der Waals surface area contributed by atoms with Gasteiger partial charge in [0.1, 0.15) is 11.4 Å². The van der Waals surface area contributed by atoms with Crippen LogP contribution in [0.25, 0.3) is 0 Å². The van der Waals surface area contributed by atoms with Gasteiger partial charge in [-0.1, -0.05) is 0 Å². The SMILES string of the molecule is COc1cc(C(=O)O)ccc1NS(=O)(=O)c1csc(C#Cc2cc(C)ccn2)n1. The summed E-state index contributed by atoms with van der Waals surface area (Å²) in [5.74, 6) is 4.58. The fraction of sp³-hybridized carbons (Fsp3) is 0.105. The normalized spacial score (nSPS) is 10.7. The summed E-state index contributed by atoms with van der Waals surface area (Å²) in [6.45, 7) is 1.92. The van der Waals surface area contributed by atoms with Gasteiger partial charge in [0.2, 0.25) is 0 Å². The number of thiazole rings is 1. The van der Waals surface area contributed by atoms with Gasteiger partial charge in [-0.3, -0.25) is 4.72 Å². The van der Waals surface area contributed by atoms with Crippen LogP contribution < -0.4 is 9.46 Å². The van der Waals surface area contributed by atoms with Gasteiger partial charge in [0, 0.05) is 11.6 Å². The zero-order chi connectivity index (χ0) is 21.0. The summed E-state index contributed by atoms with van der Waals surface area (Å²) in [4.78, 5) is 19.2. The Hall–Kier alpha value is -3.42. The van der Waals surface area contributed by atoms with E-state index < -0.39 is 16.0 Å². The number of nitrogens with one attached hydrogen (secondary N) is 1. The van der Waals surface area contributed by atoms with Crippen molar-refractivity contribution in [2.24, 2.45) is 0 Å². The molecule has 0 saturated carbocycles. The molecule has 8 nitrogen and oxygen atoms in total. The predicted octanol–water partition coefficient (Wildman–Crippen LogP) is 2.75. The van der Waals surface area contributed by atoms with Gasteiger partial charge in [0.15, 0.2) is 10.0 Å². The van der Waals surface area contributed by atoms with Crippen molar-refractivity contribution in [2.75, 3.05) is 11.8 Å². The maximum atomic E-state index is 12.6. The summed E-state index contributed by atoms with van der Waals surface area (Å²) in [6.07, 6.45) is 1.64. The summed E-state index contributed by atoms with van der Waals surface area (Å²) in [5, 5.41) is 10.5. The molecule has 0 amide bonds. The van der Waals surface area contributed by atoms with Crippen LogP contribution in [0.3, 0.4) is 0 Å². The Morgan fingerprint density at radius 3 is 2.72 bits per heavy atom. The number of carboxylic acid groups (broad SMARTS) is 1. The molecule has 0 atom stereocenters. The van der Waals surface area contributed by atoms with Gasteiger partial charge in [-0.15, -0.1) is 11.3 Å². The minimum atomic E-state index is -4.01. The van der Waals surface area contributed by atoms with Gasteiger partial charge in [0.25, 0.3) is 10.0 Å². The molecule has 29 heavy (non-hydrogen) atoms.